The van der Waals surface area contributed by atoms with Gasteiger partial charge in [-0.2, -0.15) is 15.5 Å². The van der Waals surface area contributed by atoms with Crippen molar-refractivity contribution in [2.45, 2.75) is 126 Å². The molecule has 15 nitrogen and oxygen atoms in total. The van der Waals surface area contributed by atoms with Crippen LogP contribution in [0.5, 0.6) is 5.75 Å². The smallest absolute Gasteiger partial charge is 0.264 e. The molecule has 5 aliphatic rings. The highest BCUT2D eigenvalue weighted by molar-refractivity contribution is 5.94. The molecule has 0 radical (unpaired) electrons. The minimum absolute atomic E-state index is 0.0140. The first-order chi connectivity index (χ1) is 35.2. The molecule has 1 N–H and O–H groups in total. The number of ether oxygens (including phenoxy) is 1. The summed E-state index contributed by atoms with van der Waals surface area (Å²) < 4.78 is 40.2. The van der Waals surface area contributed by atoms with Crippen molar-refractivity contribution < 1.29 is 23.1 Å². The van der Waals surface area contributed by atoms with Gasteiger partial charge in [0, 0.05) is 130 Å². The number of nitriles is 1. The summed E-state index contributed by atoms with van der Waals surface area (Å²) in [5.74, 6) is 3.26. The summed E-state index contributed by atoms with van der Waals surface area (Å²) in [6.07, 6.45) is 8.12. The van der Waals surface area contributed by atoms with E-state index in [-0.39, 0.29) is 46.4 Å². The zero-order chi connectivity index (χ0) is 52.5. The van der Waals surface area contributed by atoms with Gasteiger partial charge in [-0.25, -0.2) is 18.7 Å². The van der Waals surface area contributed by atoms with E-state index in [1.807, 2.05) is 30.9 Å². The number of hydrogen-bond donors (Lipinski definition) is 1. The second-order valence-corrected chi connectivity index (χ2v) is 23.3. The van der Waals surface area contributed by atoms with Gasteiger partial charge in [-0.05, 0) is 104 Å². The van der Waals surface area contributed by atoms with Crippen molar-refractivity contribution >= 4 is 29.3 Å². The predicted molar refractivity (Wildman–Crippen MR) is 281 cm³/mol. The normalized spacial score (nSPS) is 23.7. The summed E-state index contributed by atoms with van der Waals surface area (Å²) in [6, 6.07) is 9.55. The van der Waals surface area contributed by atoms with Crippen LogP contribution in [0.1, 0.15) is 130 Å². The van der Waals surface area contributed by atoms with E-state index >= 15 is 0 Å². The number of likely N-dealkylation sites (tertiary alicyclic amines) is 1. The van der Waals surface area contributed by atoms with E-state index in [1.54, 1.807) is 55.6 Å². The number of alkyl halides is 2. The lowest BCUT2D eigenvalue weighted by atomic mass is 9.49. The van der Waals surface area contributed by atoms with Crippen LogP contribution in [0, 0.1) is 53.8 Å². The fraction of sp³-hybridized carbons (Fsp3) is 0.561. The number of aromatic nitrogens is 6. The SMILES string of the molecule is CC(=O)N1CCc2c(c(N3CCCc4cc(-c5cnn(C)c5)c(C(F)F)cc43)nn2C2CCN(CC3C(C)CN(c4ncc(C(=O)NC5C(C)(C)C(Oc6ccc(C#N)c(C)c6C)C5(C)C)cn4)CC3C)CC2)C1. The summed E-state index contributed by atoms with van der Waals surface area (Å²) in [4.78, 5) is 44.9. The van der Waals surface area contributed by atoms with Crippen LogP contribution in [-0.2, 0) is 31.2 Å². The molecule has 2 saturated heterocycles. The number of amides is 2. The molecule has 0 bridgehead atoms. The Kier molecular flexibility index (Phi) is 13.6. The van der Waals surface area contributed by atoms with Gasteiger partial charge >= 0.3 is 0 Å². The Balaban J connectivity index is 0.769. The number of fused-ring (bicyclic) bond motifs is 2. The number of hydrogen-bond acceptors (Lipinski definition) is 11. The highest BCUT2D eigenvalue weighted by Gasteiger charge is 2.64. The fourth-order valence-electron chi connectivity index (χ4n) is 13.6. The van der Waals surface area contributed by atoms with Crippen LogP contribution in [0.2, 0.25) is 0 Å². The van der Waals surface area contributed by atoms with Crippen molar-refractivity contribution in [3.63, 3.8) is 0 Å². The lowest BCUT2D eigenvalue weighted by molar-refractivity contribution is -0.164. The van der Waals surface area contributed by atoms with Gasteiger partial charge in [0.25, 0.3) is 12.3 Å². The first kappa shape index (κ1) is 51.1. The Labute approximate surface area is 434 Å². The number of halogens is 2. The Morgan fingerprint density at radius 2 is 1.65 bits per heavy atom. The van der Waals surface area contributed by atoms with Gasteiger partial charge in [-0.1, -0.05) is 41.5 Å². The lowest BCUT2D eigenvalue weighted by Gasteiger charge is -2.63. The van der Waals surface area contributed by atoms with Crippen LogP contribution >= 0.6 is 0 Å². The third-order valence-corrected chi connectivity index (χ3v) is 17.6. The number of anilines is 3. The molecule has 7 heterocycles. The first-order valence-corrected chi connectivity index (χ1v) is 26.6. The topological polar surface area (TPSA) is 154 Å². The standard InChI is InChI=1S/C57H72F2N12O3/c1-33-28-69(55-61-25-40(26-62-55)52(73)64-53-56(6,7)54(57(53,8)9)74-49-14-13-39(24-60)35(3)36(49)4)29-34(2)45(33)31-67-19-15-42(16-20-67)71-47-17-21-68(37(5)72)32-46(47)51(65-71)70-18-11-12-38-22-43(41-27-63-66(10)30-41)44(50(58)59)23-48(38)70/h13-14,22-23,25-27,30,33-34,42,45,50,53-54H,11-12,15-21,28-29,31-32H2,1-10H3,(H,64,73). The predicted octanol–water partition coefficient (Wildman–Crippen LogP) is 9.15. The van der Waals surface area contributed by atoms with E-state index in [0.29, 0.717) is 72.0 Å². The maximum atomic E-state index is 14.8. The molecule has 5 aromatic rings. The van der Waals surface area contributed by atoms with Crippen LogP contribution in [0.25, 0.3) is 11.1 Å². The zero-order valence-corrected chi connectivity index (χ0v) is 44.8. The molecule has 17 heteroatoms. The van der Waals surface area contributed by atoms with Gasteiger partial charge in [-0.3, -0.25) is 19.0 Å². The number of aryl methyl sites for hydroxylation is 2. The molecule has 3 fully saturated rings. The van der Waals surface area contributed by atoms with Crippen LogP contribution in [0.3, 0.4) is 0 Å². The molecule has 2 atom stereocenters. The van der Waals surface area contributed by atoms with Gasteiger partial charge in [0.15, 0.2) is 5.82 Å². The van der Waals surface area contributed by atoms with Crippen LogP contribution < -0.4 is 19.9 Å². The monoisotopic (exact) mass is 1010 g/mol. The average molecular weight is 1010 g/mol. The minimum Gasteiger partial charge on any atom is -0.489 e. The van der Waals surface area contributed by atoms with Gasteiger partial charge < -0.3 is 29.7 Å². The largest absolute Gasteiger partial charge is 0.489 e. The van der Waals surface area contributed by atoms with Crippen LogP contribution in [-0.4, -0.2) is 109 Å². The first-order valence-electron chi connectivity index (χ1n) is 26.6. The second kappa shape index (κ2) is 19.7. The zero-order valence-electron chi connectivity index (χ0n) is 44.8. The number of nitrogens with one attached hydrogen (secondary N) is 1. The number of rotatable bonds is 11. The summed E-state index contributed by atoms with van der Waals surface area (Å²) >= 11 is 0. The maximum Gasteiger partial charge on any atom is 0.264 e. The molecular formula is C57H72F2N12O3. The quantitative estimate of drug-likeness (QED) is 0.135. The molecule has 0 spiro atoms. The van der Waals surface area contributed by atoms with Gasteiger partial charge in [0.05, 0.1) is 36.0 Å². The summed E-state index contributed by atoms with van der Waals surface area (Å²) in [7, 11) is 1.79. The average Bonchev–Trinajstić information content (AvgIpc) is 3.99. The molecule has 392 valence electrons. The Hall–Kier alpha value is -6.41. The van der Waals surface area contributed by atoms with Gasteiger partial charge in [0.1, 0.15) is 11.9 Å². The van der Waals surface area contributed by atoms with E-state index in [4.69, 9.17) is 19.8 Å². The molecule has 74 heavy (non-hydrogen) atoms. The molecule has 1 aliphatic carbocycles. The second-order valence-electron chi connectivity index (χ2n) is 23.3. The molecule has 2 unspecified atom stereocenters. The van der Waals surface area contributed by atoms with Gasteiger partial charge in [-0.15, -0.1) is 0 Å². The highest BCUT2D eigenvalue weighted by Crippen LogP contribution is 2.56. The van der Waals surface area contributed by atoms with Crippen molar-refractivity contribution in [1.82, 2.24) is 44.6 Å². The van der Waals surface area contributed by atoms with E-state index in [1.165, 1.54) is 0 Å². The highest BCUT2D eigenvalue weighted by atomic mass is 19.3. The van der Waals surface area contributed by atoms with Crippen molar-refractivity contribution in [3.05, 3.63) is 93.7 Å². The Bertz CT molecular complexity index is 2960. The summed E-state index contributed by atoms with van der Waals surface area (Å²) in [5, 5.41) is 22.4. The number of benzene rings is 2. The Morgan fingerprint density at radius 3 is 2.28 bits per heavy atom. The summed E-state index contributed by atoms with van der Waals surface area (Å²) in [6.45, 7) is 25.0. The molecule has 3 aromatic heterocycles. The molecule has 10 rings (SSSR count). The summed E-state index contributed by atoms with van der Waals surface area (Å²) in [5.41, 5.74) is 7.34. The number of carbonyl (C=O) groups is 2. The minimum atomic E-state index is -2.66. The van der Waals surface area contributed by atoms with Crippen molar-refractivity contribution in [3.8, 4) is 22.9 Å². The fourth-order valence-corrected chi connectivity index (χ4v) is 13.6. The van der Waals surface area contributed by atoms with E-state index < -0.39 is 6.43 Å². The maximum absolute atomic E-state index is 14.8. The van der Waals surface area contributed by atoms with Crippen LogP contribution in [0.4, 0.5) is 26.2 Å². The van der Waals surface area contributed by atoms with Crippen molar-refractivity contribution in [2.75, 3.05) is 55.6 Å². The molecule has 1 saturated carbocycles. The number of nitrogens with zero attached hydrogens (tertiary/aromatic N) is 11. The third kappa shape index (κ3) is 9.19. The van der Waals surface area contributed by atoms with Crippen molar-refractivity contribution in [2.24, 2.45) is 35.6 Å². The van der Waals surface area contributed by atoms with E-state index in [9.17, 15) is 23.6 Å². The molecule has 4 aliphatic heterocycles. The van der Waals surface area contributed by atoms with Crippen molar-refractivity contribution in [1.29, 1.82) is 5.26 Å². The van der Waals surface area contributed by atoms with Crippen LogP contribution in [0.15, 0.2) is 49.1 Å². The molecular weight excluding hydrogens is 939 g/mol. The third-order valence-electron chi connectivity index (χ3n) is 17.6. The number of carbonyl (C=O) groups excluding carboxylic acids is 2. The Morgan fingerprint density at radius 1 is 0.946 bits per heavy atom. The number of piperidine rings is 2. The molecule has 2 amide bonds. The lowest BCUT2D eigenvalue weighted by Crippen LogP contribution is -2.74. The van der Waals surface area contributed by atoms with Gasteiger partial charge in [0.2, 0.25) is 11.9 Å². The van der Waals surface area contributed by atoms with E-state index in [2.05, 4.69) is 77.4 Å². The van der Waals surface area contributed by atoms with E-state index in [0.717, 1.165) is 104 Å². The molecule has 2 aromatic carbocycles.